The second-order valence-corrected chi connectivity index (χ2v) is 7.91. The second-order valence-electron chi connectivity index (χ2n) is 7.91. The van der Waals surface area contributed by atoms with Crippen LogP contribution in [0.1, 0.15) is 43.4 Å². The monoisotopic (exact) mass is 494 g/mol. The number of nitriles is 1. The molecule has 0 unspecified atom stereocenters. The van der Waals surface area contributed by atoms with Gasteiger partial charge in [0.25, 0.3) is 5.91 Å². The van der Waals surface area contributed by atoms with Crippen LogP contribution in [0, 0.1) is 18.3 Å². The molecule has 0 fully saturated rings. The number of fused-ring (bicyclic) bond motifs is 1. The lowest BCUT2D eigenvalue weighted by Gasteiger charge is -2.16. The molecule has 0 saturated carbocycles. The zero-order valence-corrected chi connectivity index (χ0v) is 18.6. The summed E-state index contributed by atoms with van der Waals surface area (Å²) < 4.78 is 43.7. The van der Waals surface area contributed by atoms with Crippen molar-refractivity contribution in [2.75, 3.05) is 0 Å². The van der Waals surface area contributed by atoms with Crippen molar-refractivity contribution in [1.29, 1.82) is 5.26 Å². The van der Waals surface area contributed by atoms with Crippen molar-refractivity contribution in [3.63, 3.8) is 0 Å². The van der Waals surface area contributed by atoms with Crippen LogP contribution in [0.25, 0.3) is 22.0 Å². The van der Waals surface area contributed by atoms with Crippen LogP contribution in [0.4, 0.5) is 13.2 Å². The van der Waals surface area contributed by atoms with Crippen molar-refractivity contribution in [3.05, 3.63) is 76.2 Å². The number of nitrogens with zero attached hydrogens (tertiary/aromatic N) is 4. The van der Waals surface area contributed by atoms with Crippen LogP contribution in [0.15, 0.2) is 42.5 Å². The fourth-order valence-electron chi connectivity index (χ4n) is 3.98. The van der Waals surface area contributed by atoms with Gasteiger partial charge in [-0.1, -0.05) is 12.1 Å². The van der Waals surface area contributed by atoms with Crippen molar-refractivity contribution in [3.8, 4) is 22.9 Å². The van der Waals surface area contributed by atoms with Crippen LogP contribution >= 0.6 is 0 Å². The zero-order valence-electron chi connectivity index (χ0n) is 18.6. The Kier molecular flexibility index (Phi) is 5.85. The number of amides is 2. The summed E-state index contributed by atoms with van der Waals surface area (Å²) in [5, 5.41) is 22.6. The lowest BCUT2D eigenvalue weighted by molar-refractivity contribution is -0.141. The lowest BCUT2D eigenvalue weighted by atomic mass is 9.92. The van der Waals surface area contributed by atoms with Crippen LogP contribution in [0.5, 0.6) is 5.75 Å². The highest BCUT2D eigenvalue weighted by Gasteiger charge is 2.41. The Bertz CT molecular complexity index is 1580. The molecule has 0 aliphatic heterocycles. The van der Waals surface area contributed by atoms with Crippen LogP contribution in [-0.4, -0.2) is 31.7 Å². The molecule has 0 aliphatic carbocycles. The molecule has 12 heteroatoms. The van der Waals surface area contributed by atoms with Crippen molar-refractivity contribution in [2.24, 2.45) is 11.5 Å². The molecule has 9 nitrogen and oxygen atoms in total. The van der Waals surface area contributed by atoms with Gasteiger partial charge in [0.1, 0.15) is 11.4 Å². The average Bonchev–Trinajstić information content (AvgIpc) is 3.14. The van der Waals surface area contributed by atoms with Gasteiger partial charge in [0.15, 0.2) is 5.69 Å². The number of alkyl halides is 3. The molecule has 182 valence electrons. The SMILES string of the molecule is Cc1c(-c2c(C(N)=O)nc3ccc(O)cc3c2C(N)=O)c(C(F)(F)F)nn1Cc1ccc(C#N)cc1. The molecule has 2 heterocycles. The number of hydrogen-bond donors (Lipinski definition) is 3. The van der Waals surface area contributed by atoms with Crippen LogP contribution < -0.4 is 11.5 Å². The summed E-state index contributed by atoms with van der Waals surface area (Å²) in [6.45, 7) is 1.23. The third-order valence-corrected chi connectivity index (χ3v) is 5.59. The predicted molar refractivity (Wildman–Crippen MR) is 122 cm³/mol. The van der Waals surface area contributed by atoms with Crippen molar-refractivity contribution in [1.82, 2.24) is 14.8 Å². The summed E-state index contributed by atoms with van der Waals surface area (Å²) in [6, 6.07) is 11.7. The van der Waals surface area contributed by atoms with E-state index in [1.807, 2.05) is 6.07 Å². The van der Waals surface area contributed by atoms with E-state index in [0.717, 1.165) is 10.7 Å². The Balaban J connectivity index is 2.07. The minimum atomic E-state index is -4.99. The minimum Gasteiger partial charge on any atom is -0.508 e. The topological polar surface area (TPSA) is 161 Å². The number of phenols is 1. The maximum absolute atomic E-state index is 14.2. The number of halogens is 3. The Morgan fingerprint density at radius 2 is 1.75 bits per heavy atom. The van der Waals surface area contributed by atoms with E-state index < -0.39 is 46.1 Å². The first kappa shape index (κ1) is 24.2. The second kappa shape index (κ2) is 8.70. The summed E-state index contributed by atoms with van der Waals surface area (Å²) in [7, 11) is 0. The molecular formula is C24H17F3N6O3. The van der Waals surface area contributed by atoms with E-state index in [0.29, 0.717) is 11.1 Å². The number of nitrogens with two attached hydrogens (primary N) is 2. The normalized spacial score (nSPS) is 11.4. The smallest absolute Gasteiger partial charge is 0.435 e. The van der Waals surface area contributed by atoms with Crippen LogP contribution in [0.3, 0.4) is 0 Å². The Morgan fingerprint density at radius 1 is 1.08 bits per heavy atom. The third kappa shape index (κ3) is 4.18. The van der Waals surface area contributed by atoms with Crippen molar-refractivity contribution in [2.45, 2.75) is 19.6 Å². The number of primary amides is 2. The number of aromatic hydroxyl groups is 1. The van der Waals surface area contributed by atoms with E-state index in [2.05, 4.69) is 10.1 Å². The van der Waals surface area contributed by atoms with E-state index in [1.54, 1.807) is 12.1 Å². The Morgan fingerprint density at radius 3 is 2.31 bits per heavy atom. The van der Waals surface area contributed by atoms with E-state index in [9.17, 15) is 27.9 Å². The van der Waals surface area contributed by atoms with E-state index in [4.69, 9.17) is 16.7 Å². The highest BCUT2D eigenvalue weighted by Crippen LogP contribution is 2.42. The van der Waals surface area contributed by atoms with Gasteiger partial charge in [0, 0.05) is 22.2 Å². The van der Waals surface area contributed by atoms with Crippen LogP contribution in [0.2, 0.25) is 0 Å². The number of rotatable bonds is 5. The highest BCUT2D eigenvalue weighted by atomic mass is 19.4. The molecule has 0 atom stereocenters. The zero-order chi connectivity index (χ0) is 26.4. The van der Waals surface area contributed by atoms with Gasteiger partial charge in [-0.05, 0) is 42.8 Å². The highest BCUT2D eigenvalue weighted by molar-refractivity contribution is 6.16. The van der Waals surface area contributed by atoms with Gasteiger partial charge >= 0.3 is 6.18 Å². The molecule has 2 amide bonds. The van der Waals surface area contributed by atoms with Crippen molar-refractivity contribution >= 4 is 22.7 Å². The number of aromatic nitrogens is 3. The summed E-state index contributed by atoms with van der Waals surface area (Å²) in [6.07, 6.45) is -4.99. The van der Waals surface area contributed by atoms with Gasteiger partial charge in [-0.3, -0.25) is 14.3 Å². The molecule has 4 rings (SSSR count). The minimum absolute atomic E-state index is 0.0235. The fourth-order valence-corrected chi connectivity index (χ4v) is 3.98. The van der Waals surface area contributed by atoms with Gasteiger partial charge in [0.2, 0.25) is 5.91 Å². The molecule has 2 aromatic heterocycles. The van der Waals surface area contributed by atoms with Gasteiger partial charge < -0.3 is 16.6 Å². The number of phenolic OH excluding ortho intramolecular Hbond substituents is 1. The number of carbonyl (C=O) groups excluding carboxylic acids is 2. The van der Waals surface area contributed by atoms with E-state index >= 15 is 0 Å². The molecule has 2 aromatic carbocycles. The van der Waals surface area contributed by atoms with E-state index in [1.165, 1.54) is 31.2 Å². The molecule has 4 aromatic rings. The summed E-state index contributed by atoms with van der Waals surface area (Å²) in [5.41, 5.74) is 8.39. The molecule has 0 saturated heterocycles. The van der Waals surface area contributed by atoms with E-state index in [-0.39, 0.29) is 28.9 Å². The number of carbonyl (C=O) groups is 2. The molecule has 0 aliphatic rings. The maximum atomic E-state index is 14.2. The van der Waals surface area contributed by atoms with Gasteiger partial charge in [-0.25, -0.2) is 4.98 Å². The molecular weight excluding hydrogens is 477 g/mol. The largest absolute Gasteiger partial charge is 0.508 e. The first-order valence-electron chi connectivity index (χ1n) is 10.3. The van der Waals surface area contributed by atoms with Gasteiger partial charge in [-0.15, -0.1) is 0 Å². The predicted octanol–water partition coefficient (Wildman–Crippen LogP) is 3.25. The van der Waals surface area contributed by atoms with Gasteiger partial charge in [-0.2, -0.15) is 23.5 Å². The number of benzene rings is 2. The molecule has 0 bridgehead atoms. The summed E-state index contributed by atoms with van der Waals surface area (Å²) >= 11 is 0. The maximum Gasteiger partial charge on any atom is 0.435 e. The standard InChI is InChI=1S/C24H17F3N6O3/c1-11-17(21(24(25,26)27)32-33(11)10-13-4-2-12(9-28)3-5-13)19-18(22(29)35)15-8-14(34)6-7-16(15)31-20(19)23(30)36/h2-8,34H,10H2,1H3,(H2,29,35)(H2,30,36). The summed E-state index contributed by atoms with van der Waals surface area (Å²) in [4.78, 5) is 29.0. The Hall–Kier alpha value is -4.92. The van der Waals surface area contributed by atoms with Gasteiger partial charge in [0.05, 0.1) is 29.3 Å². The van der Waals surface area contributed by atoms with Crippen LogP contribution in [-0.2, 0) is 12.7 Å². The quantitative estimate of drug-likeness (QED) is 0.386. The molecule has 36 heavy (non-hydrogen) atoms. The number of pyridine rings is 1. The average molecular weight is 494 g/mol. The first-order chi connectivity index (χ1) is 16.9. The first-order valence-corrected chi connectivity index (χ1v) is 10.3. The third-order valence-electron chi connectivity index (χ3n) is 5.59. The lowest BCUT2D eigenvalue weighted by Crippen LogP contribution is -2.21. The molecule has 0 spiro atoms. The Labute approximate surface area is 201 Å². The fraction of sp³-hybridized carbons (Fsp3) is 0.125. The summed E-state index contributed by atoms with van der Waals surface area (Å²) in [5.74, 6) is -2.64. The van der Waals surface area contributed by atoms with Crippen molar-refractivity contribution < 1.29 is 27.9 Å². The number of hydrogen-bond acceptors (Lipinski definition) is 6. The molecule has 0 radical (unpaired) electrons. The molecule has 5 N–H and O–H groups in total.